The van der Waals surface area contributed by atoms with Gasteiger partial charge < -0.3 is 5.11 Å². The first-order valence-corrected chi connectivity index (χ1v) is 13.2. The molecular formula is C29H32N2O2S. The first-order valence-electron chi connectivity index (χ1n) is 12.3. The van der Waals surface area contributed by atoms with Gasteiger partial charge in [-0.15, -0.1) is 11.3 Å². The molecule has 0 atom stereocenters. The summed E-state index contributed by atoms with van der Waals surface area (Å²) in [5.41, 5.74) is 6.03. The minimum atomic E-state index is -0.816. The second kappa shape index (κ2) is 10.2. The molecular weight excluding hydrogens is 440 g/mol. The van der Waals surface area contributed by atoms with Crippen molar-refractivity contribution in [1.82, 2.24) is 9.88 Å². The number of nitrogens with zero attached hydrogens (tertiary/aromatic N) is 2. The van der Waals surface area contributed by atoms with Crippen molar-refractivity contribution in [1.29, 1.82) is 0 Å². The van der Waals surface area contributed by atoms with Gasteiger partial charge in [0, 0.05) is 42.5 Å². The van der Waals surface area contributed by atoms with Crippen molar-refractivity contribution < 1.29 is 9.90 Å². The van der Waals surface area contributed by atoms with E-state index in [0.717, 1.165) is 48.0 Å². The molecule has 1 aliphatic heterocycles. The minimum Gasteiger partial charge on any atom is -0.477 e. The van der Waals surface area contributed by atoms with E-state index in [1.54, 1.807) is 0 Å². The number of thiophene rings is 1. The number of hydrogen-bond acceptors (Lipinski definition) is 4. The third kappa shape index (κ3) is 5.01. The lowest BCUT2D eigenvalue weighted by Crippen LogP contribution is -2.34. The van der Waals surface area contributed by atoms with Gasteiger partial charge in [-0.05, 0) is 65.5 Å². The van der Waals surface area contributed by atoms with E-state index in [2.05, 4.69) is 41.1 Å². The van der Waals surface area contributed by atoms with Gasteiger partial charge in [-0.1, -0.05) is 56.2 Å². The lowest BCUT2D eigenvalue weighted by molar-refractivity contribution is 0.0702. The zero-order valence-corrected chi connectivity index (χ0v) is 20.6. The van der Waals surface area contributed by atoms with E-state index in [9.17, 15) is 9.90 Å². The maximum absolute atomic E-state index is 12.3. The van der Waals surface area contributed by atoms with Crippen LogP contribution in [0.3, 0.4) is 0 Å². The number of carboxylic acids is 1. The molecule has 1 fully saturated rings. The number of hydrogen-bond donors (Lipinski definition) is 1. The molecule has 3 aromatic rings. The molecule has 5 rings (SSSR count). The monoisotopic (exact) mass is 472 g/mol. The summed E-state index contributed by atoms with van der Waals surface area (Å²) in [6.07, 6.45) is 9.60. The summed E-state index contributed by atoms with van der Waals surface area (Å²) in [5.74, 6) is 0.518. The fourth-order valence-electron chi connectivity index (χ4n) is 5.54. The van der Waals surface area contributed by atoms with E-state index in [1.165, 1.54) is 53.7 Å². The van der Waals surface area contributed by atoms with E-state index >= 15 is 0 Å². The lowest BCUT2D eigenvalue weighted by Gasteiger charge is -2.37. The molecule has 34 heavy (non-hydrogen) atoms. The number of pyridine rings is 1. The molecule has 0 saturated heterocycles. The van der Waals surface area contributed by atoms with Crippen LogP contribution in [0.2, 0.25) is 0 Å². The van der Waals surface area contributed by atoms with Crippen molar-refractivity contribution in [2.75, 3.05) is 13.1 Å². The van der Waals surface area contributed by atoms with E-state index in [1.807, 2.05) is 36.7 Å². The number of carbonyl (C=O) groups is 1. The van der Waals surface area contributed by atoms with Gasteiger partial charge in [0.15, 0.2) is 0 Å². The van der Waals surface area contributed by atoms with E-state index in [4.69, 9.17) is 0 Å². The van der Waals surface area contributed by atoms with Gasteiger partial charge in [0.1, 0.15) is 4.88 Å². The summed E-state index contributed by atoms with van der Waals surface area (Å²) in [6, 6.07) is 16.4. The summed E-state index contributed by atoms with van der Waals surface area (Å²) in [5, 5.41) is 10.1. The van der Waals surface area contributed by atoms with Gasteiger partial charge in [-0.3, -0.25) is 9.88 Å². The summed E-state index contributed by atoms with van der Waals surface area (Å²) in [6.45, 7) is 5.10. The van der Waals surface area contributed by atoms with Crippen LogP contribution in [-0.2, 0) is 6.54 Å². The average Bonchev–Trinajstić information content (AvgIpc) is 3.32. The Hall–Kier alpha value is -2.76. The van der Waals surface area contributed by atoms with Gasteiger partial charge in [0.2, 0.25) is 0 Å². The van der Waals surface area contributed by atoms with Crippen LogP contribution in [0.15, 0.2) is 66.5 Å². The highest BCUT2D eigenvalue weighted by Crippen LogP contribution is 2.43. The third-order valence-electron chi connectivity index (χ3n) is 7.41. The Morgan fingerprint density at radius 2 is 1.91 bits per heavy atom. The highest BCUT2D eigenvalue weighted by atomic mass is 32.1. The van der Waals surface area contributed by atoms with Gasteiger partial charge in [-0.25, -0.2) is 4.79 Å². The number of carboxylic acid groups (broad SMARTS) is 1. The molecule has 2 aliphatic rings. The Balaban J connectivity index is 1.53. The predicted octanol–water partition coefficient (Wildman–Crippen LogP) is 6.99. The predicted molar refractivity (Wildman–Crippen MR) is 139 cm³/mol. The molecule has 0 radical (unpaired) electrons. The second-order valence-electron chi connectivity index (χ2n) is 9.81. The first kappa shape index (κ1) is 23.0. The largest absolute Gasteiger partial charge is 0.477 e. The number of aromatic carboxylic acids is 1. The van der Waals surface area contributed by atoms with Crippen LogP contribution >= 0.6 is 11.3 Å². The van der Waals surface area contributed by atoms with Crippen LogP contribution < -0.4 is 0 Å². The Labute approximate surface area is 206 Å². The molecule has 0 spiro atoms. The van der Waals surface area contributed by atoms with Crippen LogP contribution in [0.4, 0.5) is 0 Å². The molecule has 3 heterocycles. The maximum atomic E-state index is 12.3. The van der Waals surface area contributed by atoms with Gasteiger partial charge in [-0.2, -0.15) is 0 Å². The Bertz CT molecular complexity index is 1160. The summed E-state index contributed by atoms with van der Waals surface area (Å²) >= 11 is 1.41. The Morgan fingerprint density at radius 3 is 2.62 bits per heavy atom. The van der Waals surface area contributed by atoms with Crippen molar-refractivity contribution >= 4 is 22.9 Å². The van der Waals surface area contributed by atoms with Crippen molar-refractivity contribution in [3.63, 3.8) is 0 Å². The summed E-state index contributed by atoms with van der Waals surface area (Å²) in [4.78, 5) is 20.6. The normalized spacial score (nSPS) is 21.6. The maximum Gasteiger partial charge on any atom is 0.346 e. The quantitative estimate of drug-likeness (QED) is 0.420. The molecule has 4 nitrogen and oxygen atoms in total. The molecule has 1 aromatic carbocycles. The van der Waals surface area contributed by atoms with Crippen LogP contribution in [0.25, 0.3) is 16.0 Å². The van der Waals surface area contributed by atoms with E-state index in [-0.39, 0.29) is 0 Å². The molecule has 0 bridgehead atoms. The van der Waals surface area contributed by atoms with E-state index < -0.39 is 5.97 Å². The minimum absolute atomic E-state index is 0.483. The standard InChI is InChI=1S/C29H32N2O2S/c1-20-9-11-22(12-10-20)26-19-31(18-21-6-5-14-30-17-21)15-13-24(26)25-16-27(34-28(25)29(32)33)23-7-3-2-4-8-23/h2-8,14,16-17,20,22H,9-13,15,18-19H2,1H3,(H,32,33). The molecule has 1 saturated carbocycles. The van der Waals surface area contributed by atoms with Gasteiger partial charge in [0.05, 0.1) is 0 Å². The number of benzene rings is 1. The van der Waals surface area contributed by atoms with Crippen molar-refractivity contribution in [2.24, 2.45) is 11.8 Å². The highest BCUT2D eigenvalue weighted by Gasteiger charge is 2.31. The smallest absolute Gasteiger partial charge is 0.346 e. The van der Waals surface area contributed by atoms with Crippen LogP contribution in [-0.4, -0.2) is 34.0 Å². The van der Waals surface area contributed by atoms with Crippen LogP contribution in [0.1, 0.15) is 59.8 Å². The van der Waals surface area contributed by atoms with Crippen LogP contribution in [0.5, 0.6) is 0 Å². The van der Waals surface area contributed by atoms with Crippen molar-refractivity contribution in [3.8, 4) is 10.4 Å². The molecule has 5 heteroatoms. The zero-order chi connectivity index (χ0) is 23.5. The molecule has 2 aromatic heterocycles. The number of aromatic nitrogens is 1. The fourth-order valence-corrected chi connectivity index (χ4v) is 6.57. The topological polar surface area (TPSA) is 53.4 Å². The summed E-state index contributed by atoms with van der Waals surface area (Å²) < 4.78 is 0. The molecule has 1 N–H and O–H groups in total. The molecule has 1 aliphatic carbocycles. The molecule has 0 amide bonds. The SMILES string of the molecule is CC1CCC(C2=C(c3cc(-c4ccccc4)sc3C(=O)O)CCN(Cc3cccnc3)C2)CC1. The molecule has 176 valence electrons. The highest BCUT2D eigenvalue weighted by molar-refractivity contribution is 7.17. The fraction of sp³-hybridized carbons (Fsp3) is 0.379. The first-order chi connectivity index (χ1) is 16.6. The van der Waals surface area contributed by atoms with Crippen molar-refractivity contribution in [2.45, 2.75) is 45.6 Å². The van der Waals surface area contributed by atoms with Gasteiger partial charge >= 0.3 is 5.97 Å². The van der Waals surface area contributed by atoms with E-state index in [0.29, 0.717) is 10.8 Å². The Kier molecular flexibility index (Phi) is 6.93. The average molecular weight is 473 g/mol. The third-order valence-corrected chi connectivity index (χ3v) is 8.58. The zero-order valence-electron chi connectivity index (χ0n) is 19.7. The summed E-state index contributed by atoms with van der Waals surface area (Å²) in [7, 11) is 0. The Morgan fingerprint density at radius 1 is 1.12 bits per heavy atom. The van der Waals surface area contributed by atoms with Crippen molar-refractivity contribution in [3.05, 3.63) is 82.5 Å². The number of rotatable bonds is 6. The van der Waals surface area contributed by atoms with Crippen LogP contribution in [0, 0.1) is 11.8 Å². The molecule has 0 unspecified atom stereocenters. The second-order valence-corrected chi connectivity index (χ2v) is 10.9. The van der Waals surface area contributed by atoms with Gasteiger partial charge in [0.25, 0.3) is 0 Å². The lowest BCUT2D eigenvalue weighted by atomic mass is 9.75.